The van der Waals surface area contributed by atoms with Crippen molar-refractivity contribution in [3.63, 3.8) is 0 Å². The van der Waals surface area contributed by atoms with E-state index in [1.165, 1.54) is 24.3 Å². The molecule has 11 heteroatoms. The average molecular weight is 629 g/mol. The van der Waals surface area contributed by atoms with Gasteiger partial charge in [0.25, 0.3) is 5.91 Å². The number of morpholine rings is 1. The van der Waals surface area contributed by atoms with Gasteiger partial charge in [0.1, 0.15) is 23.9 Å². The highest BCUT2D eigenvalue weighted by Crippen LogP contribution is 2.33. The minimum absolute atomic E-state index is 0.0917. The van der Waals surface area contributed by atoms with Crippen molar-refractivity contribution in [2.75, 3.05) is 65.7 Å². The topological polar surface area (TPSA) is 95.6 Å². The van der Waals surface area contributed by atoms with Crippen LogP contribution in [0.15, 0.2) is 48.5 Å². The van der Waals surface area contributed by atoms with Gasteiger partial charge >= 0.3 is 5.97 Å². The number of esters is 1. The highest BCUT2D eigenvalue weighted by Gasteiger charge is 2.20. The molecule has 4 rings (SSSR count). The summed E-state index contributed by atoms with van der Waals surface area (Å²) in [6.07, 6.45) is 0.781. The number of carbonyl (C=O) groups excluding carboxylic acids is 2. The summed E-state index contributed by atoms with van der Waals surface area (Å²) in [6.45, 7) is 7.58. The van der Waals surface area contributed by atoms with Gasteiger partial charge in [-0.25, -0.2) is 4.39 Å². The molecule has 1 saturated heterocycles. The Labute approximate surface area is 261 Å². The van der Waals surface area contributed by atoms with Gasteiger partial charge in [0, 0.05) is 37.4 Å². The number of amides is 1. The molecule has 1 heterocycles. The van der Waals surface area contributed by atoms with Gasteiger partial charge in [-0.05, 0) is 54.5 Å². The number of carbonyl (C=O) groups is 2. The summed E-state index contributed by atoms with van der Waals surface area (Å²) in [4.78, 5) is 25.0. The molecule has 1 fully saturated rings. The standard InChI is InChI=1S/C19H24O3.C14H18FN2O4P/c1-5-22-13-16-11-18(20-3)17(19(12-16)21-4)10-15-8-6-7-14(2)9-15;1-20-12(18)8-16-14(19)13-10(15)6-9(7-11(13)22)17-2-4-21-5-3-17/h6-9,11-12H,5,10,13H2,1-4H3;6-7H,2-5,8,22H2,1H3,(H,16,19). The van der Waals surface area contributed by atoms with E-state index >= 15 is 0 Å². The largest absolute Gasteiger partial charge is 0.496 e. The maximum Gasteiger partial charge on any atom is 0.325 e. The third-order valence-corrected chi connectivity index (χ3v) is 7.39. The number of aryl methyl sites for hydroxylation is 1. The first-order valence-corrected chi connectivity index (χ1v) is 14.9. The molecule has 44 heavy (non-hydrogen) atoms. The quantitative estimate of drug-likeness (QED) is 0.250. The van der Waals surface area contributed by atoms with Gasteiger partial charge in [0.2, 0.25) is 0 Å². The van der Waals surface area contributed by atoms with Crippen LogP contribution in [-0.4, -0.2) is 72.7 Å². The fourth-order valence-electron chi connectivity index (χ4n) is 4.71. The molecule has 3 aromatic carbocycles. The normalized spacial score (nSPS) is 12.6. The number of hydrogen-bond acceptors (Lipinski definition) is 8. The Morgan fingerprint density at radius 2 is 1.68 bits per heavy atom. The summed E-state index contributed by atoms with van der Waals surface area (Å²) in [7, 11) is 6.96. The molecule has 0 aromatic heterocycles. The Hall–Kier alpha value is -3.72. The van der Waals surface area contributed by atoms with Gasteiger partial charge in [-0.15, -0.1) is 9.24 Å². The number of nitrogens with one attached hydrogen (secondary N) is 1. The van der Waals surface area contributed by atoms with Gasteiger partial charge in [-0.1, -0.05) is 29.8 Å². The molecular weight excluding hydrogens is 586 g/mol. The van der Waals surface area contributed by atoms with Gasteiger partial charge in [-0.2, -0.15) is 0 Å². The van der Waals surface area contributed by atoms with E-state index < -0.39 is 17.7 Å². The number of hydrogen-bond donors (Lipinski definition) is 1. The van der Waals surface area contributed by atoms with Crippen molar-refractivity contribution >= 4 is 32.1 Å². The predicted octanol–water partition coefficient (Wildman–Crippen LogP) is 4.21. The molecule has 238 valence electrons. The lowest BCUT2D eigenvalue weighted by Crippen LogP contribution is -2.37. The second kappa shape index (κ2) is 17.5. The molecule has 0 bridgehead atoms. The third kappa shape index (κ3) is 9.91. The van der Waals surface area contributed by atoms with Crippen molar-refractivity contribution in [3.05, 3.63) is 82.2 Å². The van der Waals surface area contributed by atoms with Crippen molar-refractivity contribution in [3.8, 4) is 11.5 Å². The number of anilines is 1. The molecule has 0 aliphatic carbocycles. The second-order valence-electron chi connectivity index (χ2n) is 10.0. The Morgan fingerprint density at radius 3 is 2.25 bits per heavy atom. The van der Waals surface area contributed by atoms with Crippen molar-refractivity contribution < 1.29 is 37.7 Å². The minimum atomic E-state index is -0.651. The Bertz CT molecular complexity index is 1360. The smallest absolute Gasteiger partial charge is 0.325 e. The summed E-state index contributed by atoms with van der Waals surface area (Å²) in [5.41, 5.74) is 5.23. The van der Waals surface area contributed by atoms with Crippen LogP contribution in [0.1, 0.15) is 39.5 Å². The summed E-state index contributed by atoms with van der Waals surface area (Å²) in [5.74, 6) is -0.187. The van der Waals surface area contributed by atoms with Crippen LogP contribution in [-0.2, 0) is 32.0 Å². The third-order valence-electron chi connectivity index (χ3n) is 6.93. The van der Waals surface area contributed by atoms with E-state index in [4.69, 9.17) is 18.9 Å². The molecule has 9 nitrogen and oxygen atoms in total. The second-order valence-corrected chi connectivity index (χ2v) is 10.7. The zero-order valence-electron chi connectivity index (χ0n) is 26.0. The minimum Gasteiger partial charge on any atom is -0.496 e. The molecule has 0 radical (unpaired) electrons. The van der Waals surface area contributed by atoms with Crippen molar-refractivity contribution in [2.45, 2.75) is 26.9 Å². The Balaban J connectivity index is 0.000000240. The lowest BCUT2D eigenvalue weighted by Gasteiger charge is -2.29. The summed E-state index contributed by atoms with van der Waals surface area (Å²) in [5, 5.41) is 2.76. The molecular formula is C33H42FN2O7P. The van der Waals surface area contributed by atoms with Crippen LogP contribution in [0.2, 0.25) is 0 Å². The average Bonchev–Trinajstić information content (AvgIpc) is 3.03. The number of methoxy groups -OCH3 is 3. The van der Waals surface area contributed by atoms with Crippen LogP contribution in [0.4, 0.5) is 10.1 Å². The fourth-order valence-corrected chi connectivity index (χ4v) is 5.15. The summed E-state index contributed by atoms with van der Waals surface area (Å²) < 4.78 is 40.6. The van der Waals surface area contributed by atoms with E-state index in [1.54, 1.807) is 20.3 Å². The van der Waals surface area contributed by atoms with E-state index in [2.05, 4.69) is 50.5 Å². The lowest BCUT2D eigenvalue weighted by atomic mass is 10.00. The van der Waals surface area contributed by atoms with E-state index in [9.17, 15) is 14.0 Å². The molecule has 1 aliphatic heterocycles. The number of ether oxygens (including phenoxy) is 5. The van der Waals surface area contributed by atoms with Crippen LogP contribution in [0.5, 0.6) is 11.5 Å². The molecule has 1 N–H and O–H groups in total. The SMILES string of the molecule is CCOCc1cc(OC)c(Cc2cccc(C)c2)c(OC)c1.COC(=O)CNC(=O)c1c(F)cc(N2CCOCC2)cc1P. The van der Waals surface area contributed by atoms with Crippen LogP contribution >= 0.6 is 9.24 Å². The van der Waals surface area contributed by atoms with E-state index in [0.29, 0.717) is 50.5 Å². The summed E-state index contributed by atoms with van der Waals surface area (Å²) in [6, 6.07) is 15.6. The van der Waals surface area contributed by atoms with Crippen molar-refractivity contribution in [1.82, 2.24) is 5.32 Å². The van der Waals surface area contributed by atoms with Crippen LogP contribution < -0.4 is 25.0 Å². The molecule has 1 atom stereocenters. The van der Waals surface area contributed by atoms with Gasteiger partial charge in [-0.3, -0.25) is 9.59 Å². The van der Waals surface area contributed by atoms with E-state index in [0.717, 1.165) is 29.0 Å². The van der Waals surface area contributed by atoms with Gasteiger partial charge in [0.15, 0.2) is 0 Å². The van der Waals surface area contributed by atoms with Crippen molar-refractivity contribution in [2.24, 2.45) is 0 Å². The first kappa shape index (κ1) is 34.8. The molecule has 1 unspecified atom stereocenters. The molecule has 1 aliphatic rings. The van der Waals surface area contributed by atoms with E-state index in [-0.39, 0.29) is 12.1 Å². The van der Waals surface area contributed by atoms with Gasteiger partial charge in [0.05, 0.1) is 46.7 Å². The molecule has 3 aromatic rings. The lowest BCUT2D eigenvalue weighted by molar-refractivity contribution is -0.139. The zero-order valence-corrected chi connectivity index (χ0v) is 27.2. The Morgan fingerprint density at radius 1 is 1.00 bits per heavy atom. The number of halogens is 1. The van der Waals surface area contributed by atoms with Gasteiger partial charge < -0.3 is 33.9 Å². The number of rotatable bonds is 11. The fraction of sp³-hybridized carbons (Fsp3) is 0.394. The molecule has 0 saturated carbocycles. The maximum atomic E-state index is 14.3. The van der Waals surface area contributed by atoms with Crippen LogP contribution in [0.25, 0.3) is 0 Å². The summed E-state index contributed by atoms with van der Waals surface area (Å²) >= 11 is 0. The van der Waals surface area contributed by atoms with Crippen LogP contribution in [0.3, 0.4) is 0 Å². The highest BCUT2D eigenvalue weighted by atomic mass is 31.0. The van der Waals surface area contributed by atoms with Crippen molar-refractivity contribution in [1.29, 1.82) is 0 Å². The first-order chi connectivity index (χ1) is 21.2. The molecule has 0 spiro atoms. The first-order valence-electron chi connectivity index (χ1n) is 14.3. The van der Waals surface area contributed by atoms with Crippen LogP contribution in [0, 0.1) is 12.7 Å². The number of benzene rings is 3. The number of nitrogens with zero attached hydrogens (tertiary/aromatic N) is 1. The molecule has 1 amide bonds. The monoisotopic (exact) mass is 628 g/mol. The Kier molecular flexibility index (Phi) is 13.9. The highest BCUT2D eigenvalue weighted by molar-refractivity contribution is 7.27. The maximum absolute atomic E-state index is 14.3. The zero-order chi connectivity index (χ0) is 32.1. The van der Waals surface area contributed by atoms with E-state index in [1.807, 2.05) is 24.0 Å². The predicted molar refractivity (Wildman–Crippen MR) is 172 cm³/mol.